The second-order valence-corrected chi connectivity index (χ2v) is 3.59. The Labute approximate surface area is 89.1 Å². The molecule has 84 valence electrons. The molecule has 15 heavy (non-hydrogen) atoms. The summed E-state index contributed by atoms with van der Waals surface area (Å²) in [6.07, 6.45) is 0. The van der Waals surface area contributed by atoms with E-state index in [1.807, 2.05) is 12.1 Å². The minimum Gasteiger partial charge on any atom is -0.493 e. The summed E-state index contributed by atoms with van der Waals surface area (Å²) >= 11 is 0. The number of aliphatic hydroxyl groups excluding tert-OH is 1. The molecular formula is C11H16O4. The number of methoxy groups -OCH3 is 1. The molecule has 0 radical (unpaired) electrons. The van der Waals surface area contributed by atoms with Gasteiger partial charge in [-0.15, -0.1) is 0 Å². The normalized spacial score (nSPS) is 14.4. The first kappa shape index (κ1) is 11.8. The van der Waals surface area contributed by atoms with Gasteiger partial charge in [-0.05, 0) is 19.1 Å². The molecule has 0 amide bonds. The molecule has 2 N–H and O–H groups in total. The summed E-state index contributed by atoms with van der Waals surface area (Å²) in [4.78, 5) is 0. The van der Waals surface area contributed by atoms with Gasteiger partial charge in [0.2, 0.25) is 0 Å². The molecule has 0 aliphatic rings. The van der Waals surface area contributed by atoms with Gasteiger partial charge >= 0.3 is 0 Å². The van der Waals surface area contributed by atoms with E-state index in [9.17, 15) is 5.11 Å². The third kappa shape index (κ3) is 3.42. The van der Waals surface area contributed by atoms with E-state index in [-0.39, 0.29) is 13.2 Å². The number of rotatable bonds is 5. The molecule has 4 heteroatoms. The number of aliphatic hydroxyl groups is 2. The van der Waals surface area contributed by atoms with Crippen LogP contribution in [-0.2, 0) is 0 Å². The van der Waals surface area contributed by atoms with Crippen molar-refractivity contribution >= 4 is 0 Å². The molecule has 0 spiro atoms. The second kappa shape index (κ2) is 5.00. The van der Waals surface area contributed by atoms with E-state index in [0.29, 0.717) is 11.5 Å². The largest absolute Gasteiger partial charge is 0.493 e. The number of hydrogen-bond donors (Lipinski definition) is 2. The van der Waals surface area contributed by atoms with Crippen LogP contribution < -0.4 is 9.47 Å². The van der Waals surface area contributed by atoms with Gasteiger partial charge in [0, 0.05) is 0 Å². The number of hydrogen-bond acceptors (Lipinski definition) is 4. The zero-order chi connectivity index (χ0) is 11.3. The molecule has 4 nitrogen and oxygen atoms in total. The molecule has 0 heterocycles. The van der Waals surface area contributed by atoms with Crippen LogP contribution in [0.4, 0.5) is 0 Å². The van der Waals surface area contributed by atoms with E-state index in [1.54, 1.807) is 19.2 Å². The maximum absolute atomic E-state index is 9.53. The summed E-state index contributed by atoms with van der Waals surface area (Å²) in [6, 6.07) is 7.15. The van der Waals surface area contributed by atoms with Crippen LogP contribution in [0.5, 0.6) is 11.5 Å². The first-order valence-electron chi connectivity index (χ1n) is 4.68. The molecule has 1 aromatic carbocycles. The first-order valence-corrected chi connectivity index (χ1v) is 4.68. The highest BCUT2D eigenvalue weighted by molar-refractivity contribution is 5.39. The van der Waals surface area contributed by atoms with Crippen LogP contribution in [-0.4, -0.2) is 36.1 Å². The van der Waals surface area contributed by atoms with E-state index < -0.39 is 5.60 Å². The molecule has 0 bridgehead atoms. The van der Waals surface area contributed by atoms with Gasteiger partial charge in [0.25, 0.3) is 0 Å². The molecule has 0 aromatic heterocycles. The molecule has 0 unspecified atom stereocenters. The van der Waals surface area contributed by atoms with Crippen LogP contribution in [0.25, 0.3) is 0 Å². The Kier molecular flexibility index (Phi) is 3.94. The monoisotopic (exact) mass is 212 g/mol. The predicted molar refractivity (Wildman–Crippen MR) is 56.2 cm³/mol. The van der Waals surface area contributed by atoms with Gasteiger partial charge in [-0.2, -0.15) is 0 Å². The van der Waals surface area contributed by atoms with Crippen LogP contribution >= 0.6 is 0 Å². The van der Waals surface area contributed by atoms with Gasteiger partial charge in [-0.25, -0.2) is 0 Å². The minimum absolute atomic E-state index is 0.0177. The van der Waals surface area contributed by atoms with Crippen molar-refractivity contribution in [1.82, 2.24) is 0 Å². The number of benzene rings is 1. The highest BCUT2D eigenvalue weighted by atomic mass is 16.5. The third-order valence-corrected chi connectivity index (χ3v) is 1.95. The quantitative estimate of drug-likeness (QED) is 0.758. The van der Waals surface area contributed by atoms with Crippen molar-refractivity contribution in [1.29, 1.82) is 0 Å². The molecule has 0 aliphatic carbocycles. The molecule has 1 rings (SSSR count). The summed E-state index contributed by atoms with van der Waals surface area (Å²) in [5.41, 5.74) is -1.24. The maximum atomic E-state index is 9.53. The Bertz CT molecular complexity index is 309. The van der Waals surface area contributed by atoms with Crippen molar-refractivity contribution < 1.29 is 19.7 Å². The zero-order valence-corrected chi connectivity index (χ0v) is 8.93. The lowest BCUT2D eigenvalue weighted by molar-refractivity contribution is -0.0329. The van der Waals surface area contributed by atoms with Crippen molar-refractivity contribution in [3.63, 3.8) is 0 Å². The third-order valence-electron chi connectivity index (χ3n) is 1.95. The van der Waals surface area contributed by atoms with Gasteiger partial charge in [0.15, 0.2) is 11.5 Å². The summed E-state index contributed by atoms with van der Waals surface area (Å²) in [5, 5.41) is 18.4. The molecule has 1 atom stereocenters. The smallest absolute Gasteiger partial charge is 0.161 e. The molecule has 0 saturated carbocycles. The Morgan fingerprint density at radius 2 is 1.87 bits per heavy atom. The van der Waals surface area contributed by atoms with E-state index >= 15 is 0 Å². The lowest BCUT2D eigenvalue weighted by Crippen LogP contribution is -2.36. The maximum Gasteiger partial charge on any atom is 0.161 e. The Morgan fingerprint density at radius 1 is 1.27 bits per heavy atom. The Morgan fingerprint density at radius 3 is 2.40 bits per heavy atom. The summed E-state index contributed by atoms with van der Waals surface area (Å²) in [7, 11) is 1.55. The van der Waals surface area contributed by atoms with Gasteiger partial charge in [-0.3, -0.25) is 0 Å². The molecule has 0 saturated heterocycles. The molecule has 1 aromatic rings. The van der Waals surface area contributed by atoms with Crippen LogP contribution in [0.3, 0.4) is 0 Å². The molecule has 0 aliphatic heterocycles. The SMILES string of the molecule is COc1ccccc1OC[C@](C)(O)CO. The zero-order valence-electron chi connectivity index (χ0n) is 8.93. The highest BCUT2D eigenvalue weighted by Gasteiger charge is 2.20. The Hall–Kier alpha value is -1.26. The van der Waals surface area contributed by atoms with Crippen molar-refractivity contribution in [2.45, 2.75) is 12.5 Å². The van der Waals surface area contributed by atoms with Crippen molar-refractivity contribution in [3.8, 4) is 11.5 Å². The van der Waals surface area contributed by atoms with E-state index in [4.69, 9.17) is 14.6 Å². The van der Waals surface area contributed by atoms with E-state index in [1.165, 1.54) is 6.92 Å². The molecule has 0 fully saturated rings. The van der Waals surface area contributed by atoms with Gasteiger partial charge < -0.3 is 19.7 Å². The van der Waals surface area contributed by atoms with E-state index in [0.717, 1.165) is 0 Å². The van der Waals surface area contributed by atoms with E-state index in [2.05, 4.69) is 0 Å². The lowest BCUT2D eigenvalue weighted by atomic mass is 10.1. The van der Waals surface area contributed by atoms with Crippen molar-refractivity contribution in [3.05, 3.63) is 24.3 Å². The number of ether oxygens (including phenoxy) is 2. The summed E-state index contributed by atoms with van der Waals surface area (Å²) in [5.74, 6) is 1.15. The van der Waals surface area contributed by atoms with Gasteiger partial charge in [0.1, 0.15) is 12.2 Å². The fourth-order valence-electron chi connectivity index (χ4n) is 1.02. The average Bonchev–Trinajstić information content (AvgIpc) is 2.27. The fourth-order valence-corrected chi connectivity index (χ4v) is 1.02. The van der Waals surface area contributed by atoms with Crippen molar-refractivity contribution in [2.24, 2.45) is 0 Å². The van der Waals surface area contributed by atoms with Gasteiger partial charge in [0.05, 0.1) is 13.7 Å². The van der Waals surface area contributed by atoms with Crippen LogP contribution in [0.15, 0.2) is 24.3 Å². The van der Waals surface area contributed by atoms with Crippen molar-refractivity contribution in [2.75, 3.05) is 20.3 Å². The lowest BCUT2D eigenvalue weighted by Gasteiger charge is -2.21. The minimum atomic E-state index is -1.24. The predicted octanol–water partition coefficient (Wildman–Crippen LogP) is 0.817. The standard InChI is InChI=1S/C11H16O4/c1-11(13,7-12)8-15-10-6-4-3-5-9(10)14-2/h3-6,12-13H,7-8H2,1-2H3/t11-/m1/s1. The molecular weight excluding hydrogens is 196 g/mol. The second-order valence-electron chi connectivity index (χ2n) is 3.59. The van der Waals surface area contributed by atoms with Crippen LogP contribution in [0.2, 0.25) is 0 Å². The summed E-state index contributed by atoms with van der Waals surface area (Å²) in [6.45, 7) is 1.18. The average molecular weight is 212 g/mol. The van der Waals surface area contributed by atoms with Crippen LogP contribution in [0.1, 0.15) is 6.92 Å². The topological polar surface area (TPSA) is 58.9 Å². The van der Waals surface area contributed by atoms with Gasteiger partial charge in [-0.1, -0.05) is 12.1 Å². The summed E-state index contributed by atoms with van der Waals surface area (Å²) < 4.78 is 10.4. The highest BCUT2D eigenvalue weighted by Crippen LogP contribution is 2.26. The number of para-hydroxylation sites is 2. The Balaban J connectivity index is 2.65. The fraction of sp³-hybridized carbons (Fsp3) is 0.455. The van der Waals surface area contributed by atoms with Crippen LogP contribution in [0, 0.1) is 0 Å². The first-order chi connectivity index (χ1) is 7.09.